The van der Waals surface area contributed by atoms with Crippen molar-refractivity contribution in [2.24, 2.45) is 11.8 Å². The van der Waals surface area contributed by atoms with E-state index in [0.29, 0.717) is 11.8 Å². The van der Waals surface area contributed by atoms with E-state index in [1.165, 1.54) is 32.1 Å². The van der Waals surface area contributed by atoms with Gasteiger partial charge in [0.05, 0.1) is 0 Å². The van der Waals surface area contributed by atoms with Gasteiger partial charge in [0.25, 0.3) is 0 Å². The molecule has 1 N–H and O–H groups in total. The van der Waals surface area contributed by atoms with Crippen LogP contribution in [0.4, 0.5) is 0 Å². The molecule has 1 unspecified atom stereocenters. The molecule has 1 aliphatic heterocycles. The fourth-order valence-electron chi connectivity index (χ4n) is 2.97. The van der Waals surface area contributed by atoms with E-state index in [2.05, 4.69) is 5.32 Å². The number of amides is 1. The topological polar surface area (TPSA) is 32.3 Å². The van der Waals surface area contributed by atoms with Crippen LogP contribution in [0.3, 0.4) is 0 Å². The van der Waals surface area contributed by atoms with Gasteiger partial charge in [-0.15, -0.1) is 12.4 Å². The van der Waals surface area contributed by atoms with Gasteiger partial charge in [0, 0.05) is 20.0 Å². The van der Waals surface area contributed by atoms with Crippen LogP contribution in [0.5, 0.6) is 0 Å². The molecule has 1 saturated carbocycles. The van der Waals surface area contributed by atoms with E-state index in [-0.39, 0.29) is 12.4 Å². The highest BCUT2D eigenvalue weighted by molar-refractivity contribution is 5.85. The Balaban J connectivity index is 0.00000144. The summed E-state index contributed by atoms with van der Waals surface area (Å²) in [7, 11) is 1.98. The fraction of sp³-hybridized carbons (Fsp3) is 0.923. The molecule has 0 aromatic carbocycles. The van der Waals surface area contributed by atoms with Crippen molar-refractivity contribution >= 4 is 18.3 Å². The highest BCUT2D eigenvalue weighted by Gasteiger charge is 2.23. The molecule has 0 aromatic rings. The van der Waals surface area contributed by atoms with Crippen LogP contribution < -0.4 is 5.32 Å². The molecule has 0 aromatic heterocycles. The third-order valence-corrected chi connectivity index (χ3v) is 4.06. The summed E-state index contributed by atoms with van der Waals surface area (Å²) >= 11 is 0. The second kappa shape index (κ2) is 7.22. The number of carbonyl (C=O) groups excluding carboxylic acids is 1. The van der Waals surface area contributed by atoms with Gasteiger partial charge in [-0.2, -0.15) is 0 Å². The molecule has 4 heteroatoms. The van der Waals surface area contributed by atoms with E-state index >= 15 is 0 Å². The van der Waals surface area contributed by atoms with Gasteiger partial charge < -0.3 is 10.2 Å². The Kier molecular flexibility index (Phi) is 6.28. The van der Waals surface area contributed by atoms with Crippen LogP contribution >= 0.6 is 12.4 Å². The smallest absolute Gasteiger partial charge is 0.222 e. The van der Waals surface area contributed by atoms with Gasteiger partial charge in [-0.3, -0.25) is 4.79 Å². The van der Waals surface area contributed by atoms with Crippen molar-refractivity contribution < 1.29 is 4.79 Å². The Bertz CT molecular complexity index is 236. The maximum atomic E-state index is 12.0. The van der Waals surface area contributed by atoms with Gasteiger partial charge in [0.1, 0.15) is 0 Å². The lowest BCUT2D eigenvalue weighted by atomic mass is 10.0. The number of rotatable bonds is 4. The number of halogens is 1. The highest BCUT2D eigenvalue weighted by atomic mass is 35.5. The zero-order valence-electron chi connectivity index (χ0n) is 10.8. The number of carbonyl (C=O) groups is 1. The zero-order valence-corrected chi connectivity index (χ0v) is 11.6. The lowest BCUT2D eigenvalue weighted by Crippen LogP contribution is -2.32. The molecule has 1 aliphatic carbocycles. The van der Waals surface area contributed by atoms with Gasteiger partial charge in [-0.25, -0.2) is 0 Å². The van der Waals surface area contributed by atoms with E-state index in [9.17, 15) is 4.79 Å². The van der Waals surface area contributed by atoms with Crippen LogP contribution in [-0.4, -0.2) is 37.5 Å². The molecule has 2 aliphatic rings. The van der Waals surface area contributed by atoms with Crippen molar-refractivity contribution in [2.75, 3.05) is 26.7 Å². The maximum absolute atomic E-state index is 12.0. The van der Waals surface area contributed by atoms with Crippen molar-refractivity contribution in [1.82, 2.24) is 10.2 Å². The molecule has 2 rings (SSSR count). The molecule has 0 spiro atoms. The van der Waals surface area contributed by atoms with Gasteiger partial charge in [-0.1, -0.05) is 12.8 Å². The van der Waals surface area contributed by atoms with Gasteiger partial charge >= 0.3 is 0 Å². The van der Waals surface area contributed by atoms with Crippen molar-refractivity contribution in [3.63, 3.8) is 0 Å². The first-order chi connectivity index (χ1) is 7.75. The lowest BCUT2D eigenvalue weighted by molar-refractivity contribution is -0.131. The Labute approximate surface area is 111 Å². The highest BCUT2D eigenvalue weighted by Crippen LogP contribution is 2.25. The summed E-state index contributed by atoms with van der Waals surface area (Å²) in [6.45, 7) is 3.10. The van der Waals surface area contributed by atoms with Crippen LogP contribution in [0, 0.1) is 11.8 Å². The first-order valence-corrected chi connectivity index (χ1v) is 6.70. The Morgan fingerprint density at radius 1 is 1.24 bits per heavy atom. The van der Waals surface area contributed by atoms with Crippen molar-refractivity contribution in [3.8, 4) is 0 Å². The van der Waals surface area contributed by atoms with Gasteiger partial charge in [0.15, 0.2) is 0 Å². The van der Waals surface area contributed by atoms with Crippen molar-refractivity contribution in [3.05, 3.63) is 0 Å². The molecule has 1 saturated heterocycles. The molecule has 1 atom stereocenters. The predicted molar refractivity (Wildman–Crippen MR) is 72.4 cm³/mol. The molecule has 1 amide bonds. The summed E-state index contributed by atoms with van der Waals surface area (Å²) < 4.78 is 0. The predicted octanol–water partition coefficient (Wildman–Crippen LogP) is 2.06. The monoisotopic (exact) mass is 260 g/mol. The van der Waals surface area contributed by atoms with Crippen LogP contribution in [0.1, 0.15) is 38.5 Å². The minimum Gasteiger partial charge on any atom is -0.345 e. The van der Waals surface area contributed by atoms with E-state index < -0.39 is 0 Å². The Morgan fingerprint density at radius 3 is 2.53 bits per heavy atom. The second-order valence-electron chi connectivity index (χ2n) is 5.49. The Morgan fingerprint density at radius 2 is 1.94 bits per heavy atom. The van der Waals surface area contributed by atoms with Crippen LogP contribution in [0.25, 0.3) is 0 Å². The van der Waals surface area contributed by atoms with Crippen molar-refractivity contribution in [1.29, 1.82) is 0 Å². The largest absolute Gasteiger partial charge is 0.345 e. The standard InChI is InChI=1S/C13H24N2O.ClH/c1-15(10-11-4-2-3-5-11)13(16)8-12-6-7-14-9-12;/h11-12,14H,2-10H2,1H3;1H. The van der Waals surface area contributed by atoms with Gasteiger partial charge in [-0.05, 0) is 44.2 Å². The molecular formula is C13H25ClN2O. The molecule has 0 bridgehead atoms. The second-order valence-corrected chi connectivity index (χ2v) is 5.49. The zero-order chi connectivity index (χ0) is 11.4. The van der Waals surface area contributed by atoms with Crippen LogP contribution in [0.15, 0.2) is 0 Å². The van der Waals surface area contributed by atoms with Crippen LogP contribution in [0.2, 0.25) is 0 Å². The lowest BCUT2D eigenvalue weighted by Gasteiger charge is -2.22. The summed E-state index contributed by atoms with van der Waals surface area (Å²) in [5.74, 6) is 1.70. The quantitative estimate of drug-likeness (QED) is 0.839. The SMILES string of the molecule is CN(CC1CCCC1)C(=O)CC1CCNC1.Cl. The molecule has 1 heterocycles. The number of hydrogen-bond acceptors (Lipinski definition) is 2. The van der Waals surface area contributed by atoms with Crippen molar-refractivity contribution in [2.45, 2.75) is 38.5 Å². The summed E-state index contributed by atoms with van der Waals surface area (Å²) in [4.78, 5) is 14.0. The summed E-state index contributed by atoms with van der Waals surface area (Å²) in [6.07, 6.45) is 7.28. The third-order valence-electron chi connectivity index (χ3n) is 4.06. The van der Waals surface area contributed by atoms with E-state index in [4.69, 9.17) is 0 Å². The molecular weight excluding hydrogens is 236 g/mol. The summed E-state index contributed by atoms with van der Waals surface area (Å²) in [5, 5.41) is 3.32. The van der Waals surface area contributed by atoms with Crippen LogP contribution in [-0.2, 0) is 4.79 Å². The third kappa shape index (κ3) is 4.47. The maximum Gasteiger partial charge on any atom is 0.222 e. The van der Waals surface area contributed by atoms with Gasteiger partial charge in [0.2, 0.25) is 5.91 Å². The fourth-order valence-corrected chi connectivity index (χ4v) is 2.97. The number of nitrogens with one attached hydrogen (secondary N) is 1. The molecule has 2 fully saturated rings. The summed E-state index contributed by atoms with van der Waals surface area (Å²) in [6, 6.07) is 0. The number of hydrogen-bond donors (Lipinski definition) is 1. The molecule has 0 radical (unpaired) electrons. The average molecular weight is 261 g/mol. The Hall–Kier alpha value is -0.280. The normalized spacial score (nSPS) is 24.6. The summed E-state index contributed by atoms with van der Waals surface area (Å²) in [5.41, 5.74) is 0. The molecule has 3 nitrogen and oxygen atoms in total. The number of nitrogens with zero attached hydrogens (tertiary/aromatic N) is 1. The first kappa shape index (κ1) is 14.8. The van der Waals surface area contributed by atoms with E-state index in [1.54, 1.807) is 0 Å². The molecule has 17 heavy (non-hydrogen) atoms. The minimum absolute atomic E-state index is 0. The first-order valence-electron chi connectivity index (χ1n) is 6.70. The van der Waals surface area contributed by atoms with E-state index in [1.807, 2.05) is 11.9 Å². The average Bonchev–Trinajstić information content (AvgIpc) is 2.90. The van der Waals surface area contributed by atoms with E-state index in [0.717, 1.165) is 32.0 Å². The minimum atomic E-state index is 0. The molecule has 100 valence electrons.